The number of nitrogens with one attached hydrogen (secondary N) is 1. The third kappa shape index (κ3) is 38.8. The summed E-state index contributed by atoms with van der Waals surface area (Å²) >= 11 is 0. The minimum absolute atomic E-state index is 0.126. The summed E-state index contributed by atoms with van der Waals surface area (Å²) in [6, 6.07) is -1.03. The molecule has 0 spiro atoms. The van der Waals surface area contributed by atoms with E-state index in [-0.39, 0.29) is 19.4 Å². The van der Waals surface area contributed by atoms with Crippen molar-refractivity contribution in [3.63, 3.8) is 0 Å². The van der Waals surface area contributed by atoms with Crippen LogP contribution >= 0.6 is 0 Å². The highest BCUT2D eigenvalue weighted by Gasteiger charge is 2.47. The molecule has 0 bridgehead atoms. The highest BCUT2D eigenvalue weighted by atomic mass is 16.7. The fourth-order valence-corrected chi connectivity index (χ4v) is 9.36. The molecule has 0 aromatic carbocycles. The maximum atomic E-state index is 13.4. The van der Waals surface area contributed by atoms with Crippen molar-refractivity contribution >= 4 is 11.9 Å². The third-order valence-corrected chi connectivity index (χ3v) is 14.2. The van der Waals surface area contributed by atoms with Crippen LogP contribution in [0.1, 0.15) is 271 Å². The Morgan fingerprint density at radius 1 is 0.534 bits per heavy atom. The predicted molar refractivity (Wildman–Crippen MR) is 301 cm³/mol. The van der Waals surface area contributed by atoms with E-state index in [9.17, 15) is 35.1 Å². The Labute approximate surface area is 446 Å². The molecule has 0 radical (unpaired) electrons. The van der Waals surface area contributed by atoms with E-state index in [1.54, 1.807) is 6.08 Å². The molecule has 1 heterocycles. The van der Waals surface area contributed by atoms with E-state index in [0.29, 0.717) is 12.8 Å². The van der Waals surface area contributed by atoms with Gasteiger partial charge in [-0.15, -0.1) is 0 Å². The lowest BCUT2D eigenvalue weighted by atomic mass is 9.99. The molecule has 1 rings (SSSR count). The van der Waals surface area contributed by atoms with Crippen LogP contribution in [-0.2, 0) is 23.8 Å². The van der Waals surface area contributed by atoms with Crippen molar-refractivity contribution in [2.45, 2.75) is 320 Å². The minimum Gasteiger partial charge on any atom is -0.454 e. The van der Waals surface area contributed by atoms with E-state index >= 15 is 0 Å². The van der Waals surface area contributed by atoms with Crippen molar-refractivity contribution in [3.05, 3.63) is 48.6 Å². The van der Waals surface area contributed by atoms with Gasteiger partial charge in [0.15, 0.2) is 12.4 Å². The number of carbonyl (C=O) groups is 2. The first kappa shape index (κ1) is 68.6. The number of hydrogen-bond donors (Lipinski definition) is 6. The first-order valence-corrected chi connectivity index (χ1v) is 30.4. The highest BCUT2D eigenvalue weighted by molar-refractivity contribution is 5.80. The van der Waals surface area contributed by atoms with Crippen molar-refractivity contribution in [1.29, 1.82) is 0 Å². The average molecular weight is 1030 g/mol. The Morgan fingerprint density at radius 2 is 0.945 bits per heavy atom. The van der Waals surface area contributed by atoms with E-state index in [4.69, 9.17) is 14.2 Å². The van der Waals surface area contributed by atoms with Gasteiger partial charge in [-0.05, 0) is 64.2 Å². The molecule has 0 aliphatic carbocycles. The molecule has 11 heteroatoms. The fourth-order valence-electron chi connectivity index (χ4n) is 9.36. The number of rotatable bonds is 51. The molecular weight excluding hydrogens is 919 g/mol. The average Bonchev–Trinajstić information content (AvgIpc) is 3.39. The summed E-state index contributed by atoms with van der Waals surface area (Å²) in [7, 11) is 0. The topological polar surface area (TPSA) is 175 Å². The van der Waals surface area contributed by atoms with Gasteiger partial charge in [-0.25, -0.2) is 0 Å². The smallest absolute Gasteiger partial charge is 0.306 e. The number of allylic oxidation sites excluding steroid dienone is 7. The van der Waals surface area contributed by atoms with Crippen molar-refractivity contribution < 1.29 is 49.3 Å². The second-order valence-electron chi connectivity index (χ2n) is 21.1. The van der Waals surface area contributed by atoms with Crippen LogP contribution in [0.3, 0.4) is 0 Å². The Hall–Kier alpha value is -2.38. The number of amides is 1. The van der Waals surface area contributed by atoms with Crippen LogP contribution in [0.5, 0.6) is 0 Å². The maximum absolute atomic E-state index is 13.4. The Bertz CT molecular complexity index is 1370. The van der Waals surface area contributed by atoms with Gasteiger partial charge in [0.05, 0.1) is 25.4 Å². The van der Waals surface area contributed by atoms with E-state index in [0.717, 1.165) is 83.5 Å². The molecule has 0 aromatic heterocycles. The highest BCUT2D eigenvalue weighted by Crippen LogP contribution is 2.26. The SMILES string of the molecule is CCCCC/C=C\C/C=C\C/C=C\CCCCCCCCCC(O)C(=O)NC(COC1OC(CO)C(O)C(O)C1OC(=O)CCCCCCCCCCCCCCC)C(O)/C=C/CCCCCCCCCCC. The number of aliphatic hydroxyl groups is 5. The molecule has 6 N–H and O–H groups in total. The summed E-state index contributed by atoms with van der Waals surface area (Å²) in [6.07, 6.45) is 50.1. The van der Waals surface area contributed by atoms with Crippen LogP contribution in [0.2, 0.25) is 0 Å². The maximum Gasteiger partial charge on any atom is 0.306 e. The molecule has 1 aliphatic heterocycles. The summed E-state index contributed by atoms with van der Waals surface area (Å²) in [6.45, 7) is 5.75. The quantitative estimate of drug-likeness (QED) is 0.0195. The zero-order chi connectivity index (χ0) is 53.3. The molecule has 0 saturated carbocycles. The molecule has 426 valence electrons. The van der Waals surface area contributed by atoms with Crippen molar-refractivity contribution in [1.82, 2.24) is 5.32 Å². The monoisotopic (exact) mass is 1030 g/mol. The van der Waals surface area contributed by atoms with Gasteiger partial charge in [0.2, 0.25) is 5.91 Å². The number of esters is 1. The lowest BCUT2D eigenvalue weighted by Gasteiger charge is -2.41. The van der Waals surface area contributed by atoms with Gasteiger partial charge in [0, 0.05) is 6.42 Å². The first-order chi connectivity index (χ1) is 35.7. The van der Waals surface area contributed by atoms with Crippen molar-refractivity contribution in [2.24, 2.45) is 0 Å². The van der Waals surface area contributed by atoms with Gasteiger partial charge >= 0.3 is 5.97 Å². The number of hydrogen-bond acceptors (Lipinski definition) is 10. The molecular formula is C62H113NO10. The molecule has 1 saturated heterocycles. The van der Waals surface area contributed by atoms with Crippen LogP contribution in [-0.4, -0.2) is 99.6 Å². The fraction of sp³-hybridized carbons (Fsp3) is 0.839. The van der Waals surface area contributed by atoms with Gasteiger partial charge in [0.1, 0.15) is 24.4 Å². The Morgan fingerprint density at radius 3 is 1.44 bits per heavy atom. The third-order valence-electron chi connectivity index (χ3n) is 14.2. The standard InChI is InChI=1S/C62H113NO10/c1-4-7-10-13-16-19-22-24-25-26-27-28-29-30-32-34-37-40-43-46-49-55(66)61(70)63-53(54(65)48-45-42-39-36-33-21-18-15-12-9-6-3)52-71-62-60(59(69)58(68)56(51-64)72-62)73-57(67)50-47-44-41-38-35-31-23-20-17-14-11-8-5-2/h16,19,24-25,27-28,45,48,53-56,58-60,62,64-66,68-69H,4-15,17-18,20-23,26,29-44,46-47,49-52H2,1-3H3,(H,63,70)/b19-16-,25-24-,28-27-,48-45+. The predicted octanol–water partition coefficient (Wildman–Crippen LogP) is 14.1. The molecule has 73 heavy (non-hydrogen) atoms. The molecule has 1 amide bonds. The van der Waals surface area contributed by atoms with Crippen LogP contribution in [0.15, 0.2) is 48.6 Å². The summed E-state index contributed by atoms with van der Waals surface area (Å²) < 4.78 is 17.6. The summed E-state index contributed by atoms with van der Waals surface area (Å²) in [5, 5.41) is 56.9. The Kier molecular flexibility index (Phi) is 47.4. The molecule has 11 nitrogen and oxygen atoms in total. The van der Waals surface area contributed by atoms with Crippen LogP contribution in [0.4, 0.5) is 0 Å². The van der Waals surface area contributed by atoms with E-state index in [1.165, 1.54) is 141 Å². The zero-order valence-corrected chi connectivity index (χ0v) is 47.0. The summed E-state index contributed by atoms with van der Waals surface area (Å²) in [5.41, 5.74) is 0. The number of carbonyl (C=O) groups excluding carboxylic acids is 2. The van der Waals surface area contributed by atoms with Gasteiger partial charge in [-0.2, -0.15) is 0 Å². The molecule has 1 fully saturated rings. The summed E-state index contributed by atoms with van der Waals surface area (Å²) in [5.74, 6) is -1.20. The molecule has 1 aliphatic rings. The van der Waals surface area contributed by atoms with Gasteiger partial charge in [-0.1, -0.05) is 249 Å². The molecule has 0 aromatic rings. The van der Waals surface area contributed by atoms with Crippen molar-refractivity contribution in [2.75, 3.05) is 13.2 Å². The Balaban J connectivity index is 2.67. The lowest BCUT2D eigenvalue weighted by Crippen LogP contribution is -2.61. The van der Waals surface area contributed by atoms with Gasteiger partial charge in [0.25, 0.3) is 0 Å². The summed E-state index contributed by atoms with van der Waals surface area (Å²) in [4.78, 5) is 26.5. The van der Waals surface area contributed by atoms with Crippen LogP contribution in [0, 0.1) is 0 Å². The van der Waals surface area contributed by atoms with Gasteiger partial charge in [-0.3, -0.25) is 9.59 Å². The molecule has 8 unspecified atom stereocenters. The first-order valence-electron chi connectivity index (χ1n) is 30.4. The molecule has 8 atom stereocenters. The zero-order valence-electron chi connectivity index (χ0n) is 47.0. The van der Waals surface area contributed by atoms with Crippen molar-refractivity contribution in [3.8, 4) is 0 Å². The van der Waals surface area contributed by atoms with Gasteiger partial charge < -0.3 is 45.1 Å². The number of unbranched alkanes of at least 4 members (excludes halogenated alkanes) is 31. The normalized spacial score (nSPS) is 19.7. The van der Waals surface area contributed by atoms with Crippen LogP contribution in [0.25, 0.3) is 0 Å². The van der Waals surface area contributed by atoms with E-state index in [1.807, 2.05) is 6.08 Å². The lowest BCUT2D eigenvalue weighted by molar-refractivity contribution is -0.305. The second-order valence-corrected chi connectivity index (χ2v) is 21.1. The number of aliphatic hydroxyl groups excluding tert-OH is 5. The van der Waals surface area contributed by atoms with E-state index in [2.05, 4.69) is 62.5 Å². The van der Waals surface area contributed by atoms with Crippen LogP contribution < -0.4 is 5.32 Å². The second kappa shape index (κ2) is 50.4. The minimum atomic E-state index is -1.61. The van der Waals surface area contributed by atoms with E-state index < -0.39 is 67.4 Å². The number of ether oxygens (including phenoxy) is 3. The largest absolute Gasteiger partial charge is 0.454 e.